The Morgan fingerprint density at radius 1 is 1.41 bits per heavy atom. The normalized spacial score (nSPS) is 17.1. The fraction of sp³-hybridized carbons (Fsp3) is 0.500. The van der Waals surface area contributed by atoms with Gasteiger partial charge in [-0.05, 0) is 37.8 Å². The molecule has 1 heterocycles. The summed E-state index contributed by atoms with van der Waals surface area (Å²) in [6.07, 6.45) is 1.23. The molecule has 0 bridgehead atoms. The summed E-state index contributed by atoms with van der Waals surface area (Å²) in [4.78, 5) is 25.0. The van der Waals surface area contributed by atoms with Crippen molar-refractivity contribution in [1.82, 2.24) is 4.90 Å². The van der Waals surface area contributed by atoms with E-state index >= 15 is 0 Å². The third kappa shape index (κ3) is 4.44. The van der Waals surface area contributed by atoms with Crippen LogP contribution in [0.3, 0.4) is 0 Å². The number of rotatable bonds is 5. The molecule has 1 aliphatic heterocycles. The van der Waals surface area contributed by atoms with Crippen molar-refractivity contribution in [3.63, 3.8) is 0 Å². The molecule has 0 radical (unpaired) electrons. The molecule has 0 unspecified atom stereocenters. The van der Waals surface area contributed by atoms with Crippen molar-refractivity contribution >= 4 is 11.8 Å². The van der Waals surface area contributed by atoms with Crippen LogP contribution in [0.2, 0.25) is 0 Å². The van der Waals surface area contributed by atoms with Crippen LogP contribution < -0.4 is 10.5 Å². The molecule has 1 fully saturated rings. The summed E-state index contributed by atoms with van der Waals surface area (Å²) in [6.45, 7) is 2.84. The Kier molecular flexibility index (Phi) is 5.35. The van der Waals surface area contributed by atoms with Gasteiger partial charge in [0.25, 0.3) is 5.91 Å². The Morgan fingerprint density at radius 2 is 2.09 bits per heavy atom. The van der Waals surface area contributed by atoms with Crippen LogP contribution in [0.15, 0.2) is 24.3 Å². The minimum atomic E-state index is -0.672. The van der Waals surface area contributed by atoms with Gasteiger partial charge < -0.3 is 15.4 Å². The summed E-state index contributed by atoms with van der Waals surface area (Å²) >= 11 is 0. The van der Waals surface area contributed by atoms with E-state index in [0.717, 1.165) is 12.8 Å². The first kappa shape index (κ1) is 16.3. The lowest BCUT2D eigenvalue weighted by Crippen LogP contribution is -2.45. The number of likely N-dealkylation sites (tertiary alicyclic amines) is 1. The van der Waals surface area contributed by atoms with E-state index in [4.69, 9.17) is 10.5 Å². The molecule has 5 nitrogen and oxygen atoms in total. The molecule has 1 aromatic rings. The van der Waals surface area contributed by atoms with E-state index in [-0.39, 0.29) is 17.7 Å². The van der Waals surface area contributed by atoms with E-state index in [1.54, 1.807) is 17.9 Å². The Morgan fingerprint density at radius 3 is 2.68 bits per heavy atom. The van der Waals surface area contributed by atoms with Crippen LogP contribution in [0.4, 0.5) is 4.39 Å². The highest BCUT2D eigenvalue weighted by Crippen LogP contribution is 2.21. The highest BCUT2D eigenvalue weighted by Gasteiger charge is 2.27. The number of hydrogen-bond acceptors (Lipinski definition) is 3. The van der Waals surface area contributed by atoms with E-state index in [2.05, 4.69) is 0 Å². The zero-order chi connectivity index (χ0) is 16.1. The van der Waals surface area contributed by atoms with Crippen LogP contribution in [-0.4, -0.2) is 35.9 Å². The molecule has 120 valence electrons. The summed E-state index contributed by atoms with van der Waals surface area (Å²) in [6, 6.07) is 5.73. The van der Waals surface area contributed by atoms with Gasteiger partial charge >= 0.3 is 0 Å². The van der Waals surface area contributed by atoms with Crippen LogP contribution in [0, 0.1) is 11.7 Å². The molecule has 2 N–H and O–H groups in total. The first-order valence-corrected chi connectivity index (χ1v) is 7.45. The predicted octanol–water partition coefficient (Wildman–Crippen LogP) is 1.71. The summed E-state index contributed by atoms with van der Waals surface area (Å²) in [5.41, 5.74) is 5.19. The molecular weight excluding hydrogens is 287 g/mol. The average molecular weight is 308 g/mol. The zero-order valence-electron chi connectivity index (χ0n) is 12.6. The number of primary amides is 1. The molecule has 0 saturated carbocycles. The molecule has 1 aliphatic rings. The second-order valence-electron chi connectivity index (χ2n) is 5.66. The van der Waals surface area contributed by atoms with Gasteiger partial charge in [0, 0.05) is 25.6 Å². The quantitative estimate of drug-likeness (QED) is 0.900. The lowest BCUT2D eigenvalue weighted by molar-refractivity contribution is -0.139. The molecular formula is C16H21FN2O3. The molecule has 2 rings (SSSR count). The van der Waals surface area contributed by atoms with Crippen molar-refractivity contribution in [2.24, 2.45) is 11.7 Å². The Balaban J connectivity index is 1.85. The topological polar surface area (TPSA) is 72.6 Å². The van der Waals surface area contributed by atoms with E-state index in [1.165, 1.54) is 18.2 Å². The van der Waals surface area contributed by atoms with Gasteiger partial charge in [-0.2, -0.15) is 0 Å². The average Bonchev–Trinajstić information content (AvgIpc) is 2.46. The fourth-order valence-electron chi connectivity index (χ4n) is 2.69. The molecule has 0 aromatic heterocycles. The smallest absolute Gasteiger partial charge is 0.263 e. The van der Waals surface area contributed by atoms with Gasteiger partial charge in [-0.1, -0.05) is 6.07 Å². The van der Waals surface area contributed by atoms with Crippen molar-refractivity contribution < 1.29 is 18.7 Å². The third-order valence-corrected chi connectivity index (χ3v) is 3.87. The van der Waals surface area contributed by atoms with Crippen LogP contribution in [0.5, 0.6) is 5.75 Å². The molecule has 1 aromatic carbocycles. The largest absolute Gasteiger partial charge is 0.481 e. The molecule has 6 heteroatoms. The summed E-state index contributed by atoms with van der Waals surface area (Å²) in [7, 11) is 0. The van der Waals surface area contributed by atoms with Gasteiger partial charge in [-0.25, -0.2) is 4.39 Å². The number of amides is 2. The molecule has 22 heavy (non-hydrogen) atoms. The Bertz CT molecular complexity index is 542. The van der Waals surface area contributed by atoms with E-state index < -0.39 is 11.9 Å². The number of carbonyl (C=O) groups excluding carboxylic acids is 2. The number of benzene rings is 1. The number of nitrogens with two attached hydrogens (primary N) is 1. The zero-order valence-corrected chi connectivity index (χ0v) is 12.6. The fourth-order valence-corrected chi connectivity index (χ4v) is 2.69. The third-order valence-electron chi connectivity index (χ3n) is 3.87. The maximum Gasteiger partial charge on any atom is 0.263 e. The number of halogens is 1. The van der Waals surface area contributed by atoms with Crippen molar-refractivity contribution in [3.05, 3.63) is 30.1 Å². The van der Waals surface area contributed by atoms with Gasteiger partial charge in [0.05, 0.1) is 0 Å². The van der Waals surface area contributed by atoms with Crippen LogP contribution >= 0.6 is 0 Å². The van der Waals surface area contributed by atoms with Crippen LogP contribution in [0.25, 0.3) is 0 Å². The number of ether oxygens (including phenoxy) is 1. The van der Waals surface area contributed by atoms with E-state index in [9.17, 15) is 14.0 Å². The van der Waals surface area contributed by atoms with Crippen LogP contribution in [0.1, 0.15) is 26.2 Å². The predicted molar refractivity (Wildman–Crippen MR) is 79.6 cm³/mol. The second kappa shape index (κ2) is 7.24. The molecule has 1 atom stereocenters. The van der Waals surface area contributed by atoms with Gasteiger partial charge in [0.2, 0.25) is 5.91 Å². The lowest BCUT2D eigenvalue weighted by atomic mass is 9.93. The van der Waals surface area contributed by atoms with Gasteiger partial charge in [0.15, 0.2) is 6.10 Å². The number of carbonyl (C=O) groups is 2. The van der Waals surface area contributed by atoms with E-state index in [0.29, 0.717) is 25.3 Å². The van der Waals surface area contributed by atoms with Crippen LogP contribution in [-0.2, 0) is 9.59 Å². The highest BCUT2D eigenvalue weighted by atomic mass is 19.1. The van der Waals surface area contributed by atoms with E-state index in [1.807, 2.05) is 0 Å². The SMILES string of the molecule is C[C@@H](Oc1cccc(F)c1)C(=O)N1CCC(CC(N)=O)CC1. The van der Waals surface area contributed by atoms with Crippen molar-refractivity contribution in [1.29, 1.82) is 0 Å². The maximum absolute atomic E-state index is 13.1. The van der Waals surface area contributed by atoms with Crippen molar-refractivity contribution in [2.45, 2.75) is 32.3 Å². The van der Waals surface area contributed by atoms with Gasteiger partial charge in [-0.15, -0.1) is 0 Å². The number of nitrogens with zero attached hydrogens (tertiary/aromatic N) is 1. The Hall–Kier alpha value is -2.11. The van der Waals surface area contributed by atoms with Gasteiger partial charge in [-0.3, -0.25) is 9.59 Å². The van der Waals surface area contributed by atoms with Crippen molar-refractivity contribution in [2.75, 3.05) is 13.1 Å². The highest BCUT2D eigenvalue weighted by molar-refractivity contribution is 5.81. The molecule has 2 amide bonds. The summed E-state index contributed by atoms with van der Waals surface area (Å²) in [5.74, 6) is -0.232. The first-order chi connectivity index (χ1) is 10.5. The maximum atomic E-state index is 13.1. The summed E-state index contributed by atoms with van der Waals surface area (Å²) < 4.78 is 18.6. The monoisotopic (exact) mass is 308 g/mol. The first-order valence-electron chi connectivity index (χ1n) is 7.45. The Labute approximate surface area is 129 Å². The second-order valence-corrected chi connectivity index (χ2v) is 5.66. The standard InChI is InChI=1S/C16H21FN2O3/c1-11(22-14-4-2-3-13(17)10-14)16(21)19-7-5-12(6-8-19)9-15(18)20/h2-4,10-12H,5-9H2,1H3,(H2,18,20)/t11-/m1/s1. The van der Waals surface area contributed by atoms with Crippen molar-refractivity contribution in [3.8, 4) is 5.75 Å². The molecule has 0 spiro atoms. The summed E-state index contributed by atoms with van der Waals surface area (Å²) in [5, 5.41) is 0. The molecule has 1 saturated heterocycles. The number of hydrogen-bond donors (Lipinski definition) is 1. The minimum Gasteiger partial charge on any atom is -0.481 e. The minimum absolute atomic E-state index is 0.123. The lowest BCUT2D eigenvalue weighted by Gasteiger charge is -2.33. The van der Waals surface area contributed by atoms with Gasteiger partial charge in [0.1, 0.15) is 11.6 Å². The number of piperidine rings is 1. The molecule has 0 aliphatic carbocycles.